The Labute approximate surface area is 67.4 Å². The summed E-state index contributed by atoms with van der Waals surface area (Å²) in [6, 6.07) is 11.4. The van der Waals surface area contributed by atoms with Gasteiger partial charge in [0.15, 0.2) is 0 Å². The van der Waals surface area contributed by atoms with Gasteiger partial charge in [-0.05, 0) is 12.5 Å². The molecule has 1 heteroatoms. The van der Waals surface area contributed by atoms with Crippen LogP contribution < -0.4 is 5.32 Å². The van der Waals surface area contributed by atoms with E-state index in [9.17, 15) is 0 Å². The molecule has 11 heavy (non-hydrogen) atoms. The second-order valence-corrected chi connectivity index (χ2v) is 3.21. The summed E-state index contributed by atoms with van der Waals surface area (Å²) in [5, 5.41) is 3.36. The normalized spacial score (nSPS) is 29.5. The van der Waals surface area contributed by atoms with Crippen molar-refractivity contribution in [3.63, 3.8) is 0 Å². The standard InChI is InChI=1S/C10H13N/c1-8-10(7-11-8)9-5-3-2-4-6-9/h2-6,8,10-11H,7H2,1H3/t8-,10+/m0/s1. The smallest absolute Gasteiger partial charge is 0.0120 e. The summed E-state index contributed by atoms with van der Waals surface area (Å²) in [5.41, 5.74) is 1.47. The van der Waals surface area contributed by atoms with Crippen molar-refractivity contribution in [2.45, 2.75) is 18.9 Å². The predicted molar refractivity (Wildman–Crippen MR) is 46.6 cm³/mol. The lowest BCUT2D eigenvalue weighted by molar-refractivity contribution is 0.334. The highest BCUT2D eigenvalue weighted by Crippen LogP contribution is 2.24. The van der Waals surface area contributed by atoms with Gasteiger partial charge >= 0.3 is 0 Å². The van der Waals surface area contributed by atoms with Gasteiger partial charge in [0.1, 0.15) is 0 Å². The van der Waals surface area contributed by atoms with Crippen LogP contribution in [0, 0.1) is 0 Å². The highest BCUT2D eigenvalue weighted by molar-refractivity contribution is 5.24. The van der Waals surface area contributed by atoms with Crippen molar-refractivity contribution in [1.29, 1.82) is 0 Å². The Morgan fingerprint density at radius 3 is 2.45 bits per heavy atom. The fourth-order valence-corrected chi connectivity index (χ4v) is 1.58. The van der Waals surface area contributed by atoms with Gasteiger partial charge in [0.25, 0.3) is 0 Å². The van der Waals surface area contributed by atoms with Crippen molar-refractivity contribution in [2.75, 3.05) is 6.54 Å². The molecule has 1 aromatic carbocycles. The highest BCUT2D eigenvalue weighted by Gasteiger charge is 2.26. The van der Waals surface area contributed by atoms with E-state index in [1.54, 1.807) is 0 Å². The van der Waals surface area contributed by atoms with E-state index in [0.29, 0.717) is 6.04 Å². The second-order valence-electron chi connectivity index (χ2n) is 3.21. The maximum Gasteiger partial charge on any atom is 0.0120 e. The molecule has 1 aliphatic heterocycles. The summed E-state index contributed by atoms with van der Waals surface area (Å²) in [4.78, 5) is 0. The van der Waals surface area contributed by atoms with Crippen LogP contribution in [-0.4, -0.2) is 12.6 Å². The van der Waals surface area contributed by atoms with Crippen molar-refractivity contribution < 1.29 is 0 Å². The molecule has 0 saturated carbocycles. The minimum atomic E-state index is 0.664. The topological polar surface area (TPSA) is 12.0 Å². The molecule has 0 spiro atoms. The molecule has 1 saturated heterocycles. The Balaban J connectivity index is 2.17. The molecule has 0 aromatic heterocycles. The predicted octanol–water partition coefficient (Wildman–Crippen LogP) is 1.76. The van der Waals surface area contributed by atoms with Gasteiger partial charge in [0, 0.05) is 18.5 Å². The Morgan fingerprint density at radius 2 is 2.00 bits per heavy atom. The lowest BCUT2D eigenvalue weighted by Gasteiger charge is -2.35. The van der Waals surface area contributed by atoms with Crippen LogP contribution in [0.15, 0.2) is 30.3 Å². The minimum absolute atomic E-state index is 0.664. The third kappa shape index (κ3) is 1.16. The quantitative estimate of drug-likeness (QED) is 0.638. The van der Waals surface area contributed by atoms with Gasteiger partial charge in [-0.2, -0.15) is 0 Å². The van der Waals surface area contributed by atoms with Gasteiger partial charge in [-0.3, -0.25) is 0 Å². The molecule has 0 aliphatic carbocycles. The van der Waals surface area contributed by atoms with Gasteiger partial charge in [-0.25, -0.2) is 0 Å². The minimum Gasteiger partial charge on any atom is -0.313 e. The summed E-state index contributed by atoms with van der Waals surface area (Å²) >= 11 is 0. The van der Waals surface area contributed by atoms with Crippen LogP contribution >= 0.6 is 0 Å². The molecule has 2 rings (SSSR count). The first-order valence-electron chi connectivity index (χ1n) is 4.16. The molecule has 2 atom stereocenters. The van der Waals surface area contributed by atoms with Gasteiger partial charge in [0.2, 0.25) is 0 Å². The van der Waals surface area contributed by atoms with Crippen molar-refractivity contribution in [2.24, 2.45) is 0 Å². The maximum atomic E-state index is 3.36. The molecule has 0 bridgehead atoms. The van der Waals surface area contributed by atoms with E-state index in [1.807, 2.05) is 0 Å². The van der Waals surface area contributed by atoms with Crippen LogP contribution in [0.4, 0.5) is 0 Å². The second kappa shape index (κ2) is 2.67. The molecular weight excluding hydrogens is 134 g/mol. The molecule has 1 nitrogen and oxygen atoms in total. The van der Waals surface area contributed by atoms with E-state index in [1.165, 1.54) is 5.56 Å². The Morgan fingerprint density at radius 1 is 1.27 bits per heavy atom. The number of benzene rings is 1. The average Bonchev–Trinajstić information content (AvgIpc) is 2.04. The third-order valence-corrected chi connectivity index (χ3v) is 2.49. The largest absolute Gasteiger partial charge is 0.313 e. The number of hydrogen-bond acceptors (Lipinski definition) is 1. The van der Waals surface area contributed by atoms with Crippen LogP contribution in [0.3, 0.4) is 0 Å². The lowest BCUT2D eigenvalue weighted by Crippen LogP contribution is -2.48. The first-order valence-corrected chi connectivity index (χ1v) is 4.16. The van der Waals surface area contributed by atoms with Crippen molar-refractivity contribution in [3.8, 4) is 0 Å². The maximum absolute atomic E-state index is 3.36. The summed E-state index contributed by atoms with van der Waals surface area (Å²) < 4.78 is 0. The summed E-state index contributed by atoms with van der Waals surface area (Å²) in [5.74, 6) is 0.746. The fraction of sp³-hybridized carbons (Fsp3) is 0.400. The van der Waals surface area contributed by atoms with E-state index in [-0.39, 0.29) is 0 Å². The van der Waals surface area contributed by atoms with Crippen LogP contribution in [0.2, 0.25) is 0 Å². The summed E-state index contributed by atoms with van der Waals surface area (Å²) in [7, 11) is 0. The van der Waals surface area contributed by atoms with E-state index < -0.39 is 0 Å². The summed E-state index contributed by atoms with van der Waals surface area (Å²) in [6.07, 6.45) is 0. The fourth-order valence-electron chi connectivity index (χ4n) is 1.58. The van der Waals surface area contributed by atoms with Crippen LogP contribution in [-0.2, 0) is 0 Å². The van der Waals surface area contributed by atoms with Gasteiger partial charge < -0.3 is 5.32 Å². The third-order valence-electron chi connectivity index (χ3n) is 2.49. The zero-order chi connectivity index (χ0) is 7.68. The van der Waals surface area contributed by atoms with Gasteiger partial charge in [0.05, 0.1) is 0 Å². The molecule has 1 aromatic rings. The van der Waals surface area contributed by atoms with E-state index in [0.717, 1.165) is 12.5 Å². The molecule has 1 aliphatic rings. The van der Waals surface area contributed by atoms with E-state index in [4.69, 9.17) is 0 Å². The lowest BCUT2D eigenvalue weighted by atomic mass is 9.86. The van der Waals surface area contributed by atoms with Crippen molar-refractivity contribution >= 4 is 0 Å². The van der Waals surface area contributed by atoms with Crippen molar-refractivity contribution in [1.82, 2.24) is 5.32 Å². The monoisotopic (exact) mass is 147 g/mol. The number of rotatable bonds is 1. The van der Waals surface area contributed by atoms with E-state index >= 15 is 0 Å². The number of hydrogen-bond donors (Lipinski definition) is 1. The molecule has 1 N–H and O–H groups in total. The summed E-state index contributed by atoms with van der Waals surface area (Å²) in [6.45, 7) is 3.38. The van der Waals surface area contributed by atoms with Gasteiger partial charge in [-0.15, -0.1) is 0 Å². The highest BCUT2D eigenvalue weighted by atomic mass is 15.0. The Hall–Kier alpha value is -0.820. The molecule has 0 amide bonds. The van der Waals surface area contributed by atoms with Crippen LogP contribution in [0.25, 0.3) is 0 Å². The van der Waals surface area contributed by atoms with Crippen LogP contribution in [0.5, 0.6) is 0 Å². The molecule has 0 unspecified atom stereocenters. The molecular formula is C10H13N. The number of nitrogens with one attached hydrogen (secondary N) is 1. The Bertz CT molecular complexity index is 230. The molecule has 0 radical (unpaired) electrons. The average molecular weight is 147 g/mol. The van der Waals surface area contributed by atoms with Gasteiger partial charge in [-0.1, -0.05) is 30.3 Å². The zero-order valence-corrected chi connectivity index (χ0v) is 6.75. The van der Waals surface area contributed by atoms with Crippen LogP contribution in [0.1, 0.15) is 18.4 Å². The molecule has 1 heterocycles. The molecule has 1 fully saturated rings. The first kappa shape index (κ1) is 6.86. The van der Waals surface area contributed by atoms with Crippen molar-refractivity contribution in [3.05, 3.63) is 35.9 Å². The van der Waals surface area contributed by atoms with E-state index in [2.05, 4.69) is 42.6 Å². The molecule has 58 valence electrons. The zero-order valence-electron chi connectivity index (χ0n) is 6.75. The Kier molecular flexibility index (Phi) is 1.66. The SMILES string of the molecule is C[C@@H]1NC[C@H]1c1ccccc1. The first-order chi connectivity index (χ1) is 5.38.